The summed E-state index contributed by atoms with van der Waals surface area (Å²) in [6, 6.07) is 13.3. The van der Waals surface area contributed by atoms with Gasteiger partial charge in [-0.05, 0) is 45.0 Å². The van der Waals surface area contributed by atoms with E-state index >= 15 is 0 Å². The van der Waals surface area contributed by atoms with Crippen molar-refractivity contribution in [1.29, 1.82) is 0 Å². The SMILES string of the molecule is CC(=NNC(=O)c1cc(C)nc2c1c(C)nn2-c1ccccc1)c1ccnn1C. The summed E-state index contributed by atoms with van der Waals surface area (Å²) in [5.41, 5.74) is 7.63. The highest BCUT2D eigenvalue weighted by molar-refractivity contribution is 6.07. The number of aryl methyl sites for hydroxylation is 3. The van der Waals surface area contributed by atoms with E-state index in [-0.39, 0.29) is 5.91 Å². The Morgan fingerprint density at radius 3 is 2.59 bits per heavy atom. The summed E-state index contributed by atoms with van der Waals surface area (Å²) >= 11 is 0. The van der Waals surface area contributed by atoms with Gasteiger partial charge in [-0.25, -0.2) is 15.1 Å². The molecule has 1 aromatic carbocycles. The van der Waals surface area contributed by atoms with Crippen LogP contribution in [0.2, 0.25) is 0 Å². The molecule has 29 heavy (non-hydrogen) atoms. The minimum absolute atomic E-state index is 0.308. The Kier molecular flexibility index (Phi) is 4.67. The smallest absolute Gasteiger partial charge is 0.267 e. The maximum atomic E-state index is 13.0. The number of carbonyl (C=O) groups is 1. The number of amides is 1. The second-order valence-electron chi connectivity index (χ2n) is 6.82. The molecular formula is C21H21N7O. The molecule has 4 aromatic rings. The normalized spacial score (nSPS) is 11.8. The zero-order valence-corrected chi connectivity index (χ0v) is 16.7. The van der Waals surface area contributed by atoms with Crippen molar-refractivity contribution in [3.8, 4) is 5.69 Å². The van der Waals surface area contributed by atoms with Crippen LogP contribution >= 0.6 is 0 Å². The number of benzene rings is 1. The van der Waals surface area contributed by atoms with E-state index in [2.05, 4.69) is 25.7 Å². The first-order chi connectivity index (χ1) is 14.0. The predicted molar refractivity (Wildman–Crippen MR) is 111 cm³/mol. The first kappa shape index (κ1) is 18.5. The van der Waals surface area contributed by atoms with Crippen molar-refractivity contribution in [3.63, 3.8) is 0 Å². The number of fused-ring (bicyclic) bond motifs is 1. The number of rotatable bonds is 4. The number of pyridine rings is 1. The van der Waals surface area contributed by atoms with Crippen molar-refractivity contribution < 1.29 is 4.79 Å². The van der Waals surface area contributed by atoms with Crippen LogP contribution in [0.3, 0.4) is 0 Å². The van der Waals surface area contributed by atoms with E-state index in [0.717, 1.165) is 22.8 Å². The maximum Gasteiger partial charge on any atom is 0.272 e. The molecule has 1 amide bonds. The second-order valence-corrected chi connectivity index (χ2v) is 6.82. The quantitative estimate of drug-likeness (QED) is 0.431. The van der Waals surface area contributed by atoms with Gasteiger partial charge in [0.2, 0.25) is 0 Å². The molecule has 0 radical (unpaired) electrons. The van der Waals surface area contributed by atoms with E-state index in [1.165, 1.54) is 0 Å². The average Bonchev–Trinajstić information content (AvgIpc) is 3.29. The lowest BCUT2D eigenvalue weighted by Gasteiger charge is -2.07. The monoisotopic (exact) mass is 387 g/mol. The molecule has 3 aromatic heterocycles. The van der Waals surface area contributed by atoms with Crippen LogP contribution < -0.4 is 5.43 Å². The van der Waals surface area contributed by atoms with Crippen LogP contribution in [-0.4, -0.2) is 36.2 Å². The third-order valence-electron chi connectivity index (χ3n) is 4.70. The molecule has 4 rings (SSSR count). The molecule has 0 saturated carbocycles. The summed E-state index contributed by atoms with van der Waals surface area (Å²) in [4.78, 5) is 17.6. The maximum absolute atomic E-state index is 13.0. The van der Waals surface area contributed by atoms with Crippen molar-refractivity contribution in [3.05, 3.63) is 71.3 Å². The van der Waals surface area contributed by atoms with E-state index in [4.69, 9.17) is 0 Å². The van der Waals surface area contributed by atoms with E-state index in [1.807, 2.05) is 64.2 Å². The third-order valence-corrected chi connectivity index (χ3v) is 4.70. The van der Waals surface area contributed by atoms with Crippen molar-refractivity contribution in [2.75, 3.05) is 0 Å². The molecule has 1 N–H and O–H groups in total. The predicted octanol–water partition coefficient (Wildman–Crippen LogP) is 2.92. The number of aromatic nitrogens is 5. The number of hydrogen-bond donors (Lipinski definition) is 1. The highest BCUT2D eigenvalue weighted by Crippen LogP contribution is 2.24. The van der Waals surface area contributed by atoms with Crippen LogP contribution in [0.15, 0.2) is 53.8 Å². The van der Waals surface area contributed by atoms with Crippen molar-refractivity contribution in [2.24, 2.45) is 12.1 Å². The fourth-order valence-corrected chi connectivity index (χ4v) is 3.32. The Balaban J connectivity index is 1.75. The van der Waals surface area contributed by atoms with Gasteiger partial charge in [-0.2, -0.15) is 15.3 Å². The number of nitrogens with one attached hydrogen (secondary N) is 1. The molecule has 0 atom stereocenters. The number of hydrogen-bond acceptors (Lipinski definition) is 5. The van der Waals surface area contributed by atoms with Gasteiger partial charge in [0.05, 0.1) is 33.7 Å². The lowest BCUT2D eigenvalue weighted by molar-refractivity contribution is 0.0956. The summed E-state index contributed by atoms with van der Waals surface area (Å²) in [6.07, 6.45) is 1.69. The zero-order valence-electron chi connectivity index (χ0n) is 16.7. The molecule has 0 unspecified atom stereocenters. The minimum Gasteiger partial charge on any atom is -0.267 e. The molecule has 3 heterocycles. The first-order valence-corrected chi connectivity index (χ1v) is 9.21. The highest BCUT2D eigenvalue weighted by atomic mass is 16.2. The van der Waals surface area contributed by atoms with Gasteiger partial charge in [0.25, 0.3) is 5.91 Å². The van der Waals surface area contributed by atoms with Gasteiger partial charge in [-0.15, -0.1) is 0 Å². The Morgan fingerprint density at radius 1 is 1.14 bits per heavy atom. The topological polar surface area (TPSA) is 90.0 Å². The highest BCUT2D eigenvalue weighted by Gasteiger charge is 2.19. The molecule has 0 aliphatic carbocycles. The lowest BCUT2D eigenvalue weighted by Crippen LogP contribution is -2.21. The molecule has 8 heteroatoms. The molecule has 146 valence electrons. The van der Waals surface area contributed by atoms with Gasteiger partial charge in [0.1, 0.15) is 0 Å². The van der Waals surface area contributed by atoms with Crippen molar-refractivity contribution in [2.45, 2.75) is 20.8 Å². The van der Waals surface area contributed by atoms with Gasteiger partial charge in [-0.3, -0.25) is 9.48 Å². The molecule has 0 spiro atoms. The van der Waals surface area contributed by atoms with Crippen LogP contribution in [0, 0.1) is 13.8 Å². The fraction of sp³-hybridized carbons (Fsp3) is 0.190. The van der Waals surface area contributed by atoms with Gasteiger partial charge < -0.3 is 0 Å². The fourth-order valence-electron chi connectivity index (χ4n) is 3.32. The van der Waals surface area contributed by atoms with Gasteiger partial charge in [0, 0.05) is 18.9 Å². The number of hydrazone groups is 1. The summed E-state index contributed by atoms with van der Waals surface area (Å²) in [6.45, 7) is 5.56. The van der Waals surface area contributed by atoms with E-state index < -0.39 is 0 Å². The second kappa shape index (κ2) is 7.31. The van der Waals surface area contributed by atoms with Gasteiger partial charge >= 0.3 is 0 Å². The zero-order chi connectivity index (χ0) is 20.5. The molecule has 0 aliphatic rings. The average molecular weight is 387 g/mol. The molecular weight excluding hydrogens is 366 g/mol. The van der Waals surface area contributed by atoms with Gasteiger partial charge in [0.15, 0.2) is 5.65 Å². The summed E-state index contributed by atoms with van der Waals surface area (Å²) in [5.74, 6) is -0.308. The van der Waals surface area contributed by atoms with Crippen LogP contribution in [0.25, 0.3) is 16.7 Å². The summed E-state index contributed by atoms with van der Waals surface area (Å²) in [5, 5.41) is 13.7. The molecule has 0 saturated heterocycles. The lowest BCUT2D eigenvalue weighted by atomic mass is 10.1. The van der Waals surface area contributed by atoms with Gasteiger partial charge in [-0.1, -0.05) is 18.2 Å². The van der Waals surface area contributed by atoms with E-state index in [0.29, 0.717) is 22.3 Å². The van der Waals surface area contributed by atoms with Crippen LogP contribution in [0.4, 0.5) is 0 Å². The molecule has 0 aliphatic heterocycles. The third kappa shape index (κ3) is 3.40. The van der Waals surface area contributed by atoms with Crippen LogP contribution in [-0.2, 0) is 7.05 Å². The van der Waals surface area contributed by atoms with E-state index in [1.54, 1.807) is 21.6 Å². The Morgan fingerprint density at radius 2 is 1.90 bits per heavy atom. The number of carbonyl (C=O) groups excluding carboxylic acids is 1. The Bertz CT molecular complexity index is 1230. The Hall–Kier alpha value is -3.81. The first-order valence-electron chi connectivity index (χ1n) is 9.21. The molecule has 0 bridgehead atoms. The molecule has 0 fully saturated rings. The Labute approximate surface area is 167 Å². The standard InChI is InChI=1S/C21H21N7O/c1-13-12-17(21(29)25-24-14(2)18-10-11-22-27(18)4)19-15(3)26-28(20(19)23-13)16-8-6-5-7-9-16/h5-12H,1-4H3,(H,25,29). The number of para-hydroxylation sites is 1. The van der Waals surface area contributed by atoms with E-state index in [9.17, 15) is 4.79 Å². The summed E-state index contributed by atoms with van der Waals surface area (Å²) in [7, 11) is 1.83. The van der Waals surface area contributed by atoms with Crippen LogP contribution in [0.5, 0.6) is 0 Å². The largest absolute Gasteiger partial charge is 0.272 e. The number of nitrogens with zero attached hydrogens (tertiary/aromatic N) is 6. The van der Waals surface area contributed by atoms with Crippen molar-refractivity contribution in [1.82, 2.24) is 30.0 Å². The van der Waals surface area contributed by atoms with Crippen molar-refractivity contribution >= 4 is 22.7 Å². The summed E-state index contributed by atoms with van der Waals surface area (Å²) < 4.78 is 3.46. The van der Waals surface area contributed by atoms with Crippen LogP contribution in [0.1, 0.15) is 34.4 Å². The molecule has 8 nitrogen and oxygen atoms in total. The minimum atomic E-state index is -0.308.